The van der Waals surface area contributed by atoms with Crippen molar-refractivity contribution in [3.05, 3.63) is 51.5 Å². The number of nitrogens with zero attached hydrogens (tertiary/aromatic N) is 2. The normalized spacial score (nSPS) is 11.2. The van der Waals surface area contributed by atoms with Gasteiger partial charge in [0.25, 0.3) is 0 Å². The van der Waals surface area contributed by atoms with Gasteiger partial charge in [-0.05, 0) is 40.2 Å². The van der Waals surface area contributed by atoms with Crippen LogP contribution in [-0.4, -0.2) is 9.55 Å². The summed E-state index contributed by atoms with van der Waals surface area (Å²) in [4.78, 5) is 4.15. The molecule has 0 aliphatic carbocycles. The summed E-state index contributed by atoms with van der Waals surface area (Å²) < 4.78 is 28.6. The van der Waals surface area contributed by atoms with Gasteiger partial charge in [-0.1, -0.05) is 11.6 Å². The van der Waals surface area contributed by atoms with Crippen LogP contribution >= 0.6 is 27.5 Å². The number of hydrogen-bond acceptors (Lipinski definition) is 2. The number of fused-ring (bicyclic) bond motifs is 1. The third-order valence-corrected chi connectivity index (χ3v) is 3.78. The van der Waals surface area contributed by atoms with Gasteiger partial charge in [-0.25, -0.2) is 13.8 Å². The Kier molecular flexibility index (Phi) is 3.14. The molecule has 7 heteroatoms. The molecular formula is C13H7BrClF2N3. The number of nitrogen functional groups attached to an aromatic ring is 1. The van der Waals surface area contributed by atoms with Crippen molar-refractivity contribution >= 4 is 44.5 Å². The van der Waals surface area contributed by atoms with E-state index in [4.69, 9.17) is 17.3 Å². The molecule has 2 N–H and O–H groups in total. The number of imidazole rings is 1. The Morgan fingerprint density at radius 3 is 2.65 bits per heavy atom. The van der Waals surface area contributed by atoms with Gasteiger partial charge in [0.2, 0.25) is 5.95 Å². The minimum Gasteiger partial charge on any atom is -0.369 e. The van der Waals surface area contributed by atoms with Crippen molar-refractivity contribution in [2.24, 2.45) is 0 Å². The molecule has 3 nitrogen and oxygen atoms in total. The van der Waals surface area contributed by atoms with E-state index in [1.54, 1.807) is 0 Å². The molecular weight excluding hydrogens is 352 g/mol. The predicted molar refractivity (Wildman–Crippen MR) is 78.1 cm³/mol. The number of hydrogen-bond donors (Lipinski definition) is 1. The maximum atomic E-state index is 13.7. The van der Waals surface area contributed by atoms with E-state index < -0.39 is 11.6 Å². The monoisotopic (exact) mass is 357 g/mol. The summed E-state index contributed by atoms with van der Waals surface area (Å²) in [5.41, 5.74) is 7.26. The lowest BCUT2D eigenvalue weighted by atomic mass is 10.2. The van der Waals surface area contributed by atoms with Gasteiger partial charge in [-0.3, -0.25) is 4.57 Å². The standard InChI is InChI=1S/C13H7BrClF2N3/c14-7-4-10-12(5-9(7)17)20(13(18)19-10)11-2-1-6(16)3-8(11)15/h1-5H,(H2,18,19). The zero-order valence-corrected chi connectivity index (χ0v) is 12.2. The van der Waals surface area contributed by atoms with Gasteiger partial charge in [0.1, 0.15) is 11.6 Å². The number of anilines is 1. The fourth-order valence-electron chi connectivity index (χ4n) is 2.01. The number of halogens is 4. The van der Waals surface area contributed by atoms with Crippen LogP contribution in [0.3, 0.4) is 0 Å². The van der Waals surface area contributed by atoms with Crippen molar-refractivity contribution in [2.75, 3.05) is 5.73 Å². The van der Waals surface area contributed by atoms with E-state index in [2.05, 4.69) is 20.9 Å². The highest BCUT2D eigenvalue weighted by Gasteiger charge is 2.15. The summed E-state index contributed by atoms with van der Waals surface area (Å²) in [5.74, 6) is -0.765. The molecule has 3 aromatic rings. The van der Waals surface area contributed by atoms with Crippen molar-refractivity contribution in [3.8, 4) is 5.69 Å². The second-order valence-corrected chi connectivity index (χ2v) is 5.42. The van der Waals surface area contributed by atoms with E-state index in [1.807, 2.05) is 0 Å². The maximum absolute atomic E-state index is 13.7. The lowest BCUT2D eigenvalue weighted by Crippen LogP contribution is -2.01. The van der Waals surface area contributed by atoms with Crippen LogP contribution in [0.25, 0.3) is 16.7 Å². The van der Waals surface area contributed by atoms with E-state index in [1.165, 1.54) is 28.8 Å². The summed E-state index contributed by atoms with van der Waals surface area (Å²) in [7, 11) is 0. The molecule has 0 fully saturated rings. The second kappa shape index (κ2) is 4.71. The molecule has 0 amide bonds. The van der Waals surface area contributed by atoms with E-state index in [0.717, 1.165) is 6.07 Å². The molecule has 0 atom stereocenters. The van der Waals surface area contributed by atoms with Crippen LogP contribution in [0, 0.1) is 11.6 Å². The van der Waals surface area contributed by atoms with Gasteiger partial charge in [-0.15, -0.1) is 0 Å². The summed E-state index contributed by atoms with van der Waals surface area (Å²) in [6, 6.07) is 6.70. The molecule has 0 aliphatic rings. The molecule has 0 spiro atoms. The van der Waals surface area contributed by atoms with Crippen LogP contribution in [-0.2, 0) is 0 Å². The smallest absolute Gasteiger partial charge is 0.205 e. The highest BCUT2D eigenvalue weighted by Crippen LogP contribution is 2.31. The number of rotatable bonds is 1. The predicted octanol–water partition coefficient (Wildman–Crippen LogP) is 4.30. The largest absolute Gasteiger partial charge is 0.369 e. The first-order valence-corrected chi connectivity index (χ1v) is 6.73. The van der Waals surface area contributed by atoms with E-state index in [9.17, 15) is 8.78 Å². The second-order valence-electron chi connectivity index (χ2n) is 4.16. The average molecular weight is 359 g/mol. The Bertz CT molecular complexity index is 832. The Balaban J connectivity index is 2.35. The highest BCUT2D eigenvalue weighted by molar-refractivity contribution is 9.10. The zero-order chi connectivity index (χ0) is 14.4. The van der Waals surface area contributed by atoms with Gasteiger partial charge in [0.05, 0.1) is 26.2 Å². The Morgan fingerprint density at radius 2 is 1.95 bits per heavy atom. The molecule has 0 unspecified atom stereocenters. The molecule has 0 bridgehead atoms. The molecule has 2 aromatic carbocycles. The third kappa shape index (κ3) is 2.05. The number of nitrogens with two attached hydrogens (primary N) is 1. The molecule has 1 aromatic heterocycles. The minimum absolute atomic E-state index is 0.144. The lowest BCUT2D eigenvalue weighted by molar-refractivity contribution is 0.622. The SMILES string of the molecule is Nc1nc2cc(Br)c(F)cc2n1-c1ccc(F)cc1Cl. The molecule has 3 rings (SSSR count). The van der Waals surface area contributed by atoms with Crippen molar-refractivity contribution in [1.29, 1.82) is 0 Å². The molecule has 0 aliphatic heterocycles. The first kappa shape index (κ1) is 13.3. The summed E-state index contributed by atoms with van der Waals surface area (Å²) in [6.07, 6.45) is 0. The van der Waals surface area contributed by atoms with Crippen LogP contribution in [0.1, 0.15) is 0 Å². The first-order chi connectivity index (χ1) is 9.47. The number of benzene rings is 2. The van der Waals surface area contributed by atoms with E-state index in [0.29, 0.717) is 21.2 Å². The van der Waals surface area contributed by atoms with Crippen LogP contribution in [0.2, 0.25) is 5.02 Å². The molecule has 20 heavy (non-hydrogen) atoms. The molecule has 1 heterocycles. The molecule has 102 valence electrons. The van der Waals surface area contributed by atoms with Gasteiger partial charge in [0.15, 0.2) is 0 Å². The van der Waals surface area contributed by atoms with Gasteiger partial charge >= 0.3 is 0 Å². The molecule has 0 saturated carbocycles. The first-order valence-electron chi connectivity index (χ1n) is 5.56. The van der Waals surface area contributed by atoms with Crippen molar-refractivity contribution in [2.45, 2.75) is 0 Å². The fourth-order valence-corrected chi connectivity index (χ4v) is 2.59. The van der Waals surface area contributed by atoms with Crippen LogP contribution in [0.4, 0.5) is 14.7 Å². The molecule has 0 radical (unpaired) electrons. The van der Waals surface area contributed by atoms with Crippen LogP contribution < -0.4 is 5.73 Å². The van der Waals surface area contributed by atoms with Crippen molar-refractivity contribution in [3.63, 3.8) is 0 Å². The van der Waals surface area contributed by atoms with Gasteiger partial charge < -0.3 is 5.73 Å². The Labute approximate surface area is 126 Å². The van der Waals surface area contributed by atoms with Gasteiger partial charge in [0, 0.05) is 6.07 Å². The van der Waals surface area contributed by atoms with Crippen LogP contribution in [0.5, 0.6) is 0 Å². The summed E-state index contributed by atoms with van der Waals surface area (Å²) in [5, 5.41) is 0.166. The lowest BCUT2D eigenvalue weighted by Gasteiger charge is -2.09. The van der Waals surface area contributed by atoms with E-state index >= 15 is 0 Å². The average Bonchev–Trinajstić information content (AvgIpc) is 2.66. The van der Waals surface area contributed by atoms with Gasteiger partial charge in [-0.2, -0.15) is 0 Å². The summed E-state index contributed by atoms with van der Waals surface area (Å²) >= 11 is 9.11. The summed E-state index contributed by atoms with van der Waals surface area (Å²) in [6.45, 7) is 0. The van der Waals surface area contributed by atoms with Crippen molar-refractivity contribution in [1.82, 2.24) is 9.55 Å². The maximum Gasteiger partial charge on any atom is 0.205 e. The molecule has 0 saturated heterocycles. The van der Waals surface area contributed by atoms with Crippen molar-refractivity contribution < 1.29 is 8.78 Å². The highest BCUT2D eigenvalue weighted by atomic mass is 79.9. The van der Waals surface area contributed by atoms with E-state index in [-0.39, 0.29) is 11.0 Å². The Morgan fingerprint density at radius 1 is 1.20 bits per heavy atom. The fraction of sp³-hybridized carbons (Fsp3) is 0. The minimum atomic E-state index is -0.462. The third-order valence-electron chi connectivity index (χ3n) is 2.87. The topological polar surface area (TPSA) is 43.8 Å². The van der Waals surface area contributed by atoms with Crippen LogP contribution in [0.15, 0.2) is 34.8 Å². The quantitative estimate of drug-likeness (QED) is 0.705. The zero-order valence-electron chi connectivity index (χ0n) is 9.87. The number of aromatic nitrogens is 2. The Hall–Kier alpha value is -1.66.